The molecule has 0 heterocycles. The molecular weight excluding hydrogens is 420 g/mol. The van der Waals surface area contributed by atoms with Gasteiger partial charge in [0.15, 0.2) is 0 Å². The minimum Gasteiger partial charge on any atom is -0.462 e. The van der Waals surface area contributed by atoms with Gasteiger partial charge in [-0.1, -0.05) is 61.3 Å². The molecule has 4 fully saturated rings. The fourth-order valence-corrected chi connectivity index (χ4v) is 10.6. The van der Waals surface area contributed by atoms with Gasteiger partial charge in [0.05, 0.1) is 6.10 Å². The van der Waals surface area contributed by atoms with E-state index in [1.54, 1.807) is 0 Å². The third-order valence-electron chi connectivity index (χ3n) is 12.5. The second-order valence-electron chi connectivity index (χ2n) is 14.4. The standard InChI is InChI=1S/C31H54O3/c1-19(2)27(34-22(5)32)14-11-21(4)24-15-17-30(7)25-13-12-23-20(3)10-9-16-29(23,6)28(25)26(33)18-31(24,30)8/h19-21,23-28,33H,9-18H2,1-8H3/t20-,21-,23+,24-,25-,26?,27-,28-,29+,30+,31-/m1/s1. The lowest BCUT2D eigenvalue weighted by Crippen LogP contribution is -2.63. The highest BCUT2D eigenvalue weighted by Crippen LogP contribution is 2.73. The first-order valence-corrected chi connectivity index (χ1v) is 14.7. The number of fused-ring (bicyclic) bond motifs is 5. The van der Waals surface area contributed by atoms with E-state index in [2.05, 4.69) is 48.5 Å². The Kier molecular flexibility index (Phi) is 7.31. The van der Waals surface area contributed by atoms with E-state index in [4.69, 9.17) is 4.74 Å². The molecule has 4 aliphatic rings. The molecule has 11 atom stereocenters. The van der Waals surface area contributed by atoms with E-state index in [0.29, 0.717) is 40.4 Å². The van der Waals surface area contributed by atoms with Gasteiger partial charge in [-0.25, -0.2) is 0 Å². The van der Waals surface area contributed by atoms with Gasteiger partial charge >= 0.3 is 5.97 Å². The number of ether oxygens (including phenoxy) is 1. The van der Waals surface area contributed by atoms with Crippen molar-refractivity contribution in [3.8, 4) is 0 Å². The minimum absolute atomic E-state index is 0.0189. The van der Waals surface area contributed by atoms with E-state index >= 15 is 0 Å². The van der Waals surface area contributed by atoms with Crippen LogP contribution in [0.5, 0.6) is 0 Å². The number of carbonyl (C=O) groups excluding carboxylic acids is 1. The quantitative estimate of drug-likeness (QED) is 0.402. The third kappa shape index (κ3) is 4.08. The molecule has 0 bridgehead atoms. The van der Waals surface area contributed by atoms with Crippen molar-refractivity contribution in [2.24, 2.45) is 57.7 Å². The molecule has 0 aromatic heterocycles. The zero-order valence-corrected chi connectivity index (χ0v) is 23.5. The summed E-state index contributed by atoms with van der Waals surface area (Å²) in [6, 6.07) is 0. The Labute approximate surface area is 210 Å². The normalized spacial score (nSPS) is 47.9. The van der Waals surface area contributed by atoms with E-state index < -0.39 is 0 Å². The van der Waals surface area contributed by atoms with E-state index in [0.717, 1.165) is 31.1 Å². The van der Waals surface area contributed by atoms with Crippen LogP contribution in [0.15, 0.2) is 0 Å². The fourth-order valence-electron chi connectivity index (χ4n) is 10.6. The number of carbonyl (C=O) groups is 1. The molecule has 34 heavy (non-hydrogen) atoms. The second-order valence-corrected chi connectivity index (χ2v) is 14.4. The van der Waals surface area contributed by atoms with Crippen molar-refractivity contribution in [3.63, 3.8) is 0 Å². The van der Waals surface area contributed by atoms with Crippen molar-refractivity contribution in [2.75, 3.05) is 0 Å². The van der Waals surface area contributed by atoms with Gasteiger partial charge in [-0.2, -0.15) is 0 Å². The SMILES string of the molecule is CC(=O)O[C@H](CC[C@@H](C)[C@H]1CC[C@@]2(C)[C@@H]3CC[C@H]4[C@H](C)CCC[C@]4(C)[C@H]3C(O)C[C@]12C)C(C)C. The lowest BCUT2D eigenvalue weighted by atomic mass is 9.39. The van der Waals surface area contributed by atoms with Crippen molar-refractivity contribution in [1.82, 2.24) is 0 Å². The lowest BCUT2D eigenvalue weighted by molar-refractivity contribution is -0.211. The van der Waals surface area contributed by atoms with Gasteiger partial charge in [-0.15, -0.1) is 0 Å². The topological polar surface area (TPSA) is 46.5 Å². The van der Waals surface area contributed by atoms with E-state index in [1.165, 1.54) is 51.9 Å². The number of hydrogen-bond acceptors (Lipinski definition) is 3. The molecule has 0 spiro atoms. The molecule has 3 nitrogen and oxygen atoms in total. The first kappa shape index (κ1) is 26.5. The summed E-state index contributed by atoms with van der Waals surface area (Å²) in [6.45, 7) is 18.5. The van der Waals surface area contributed by atoms with Gasteiger partial charge < -0.3 is 9.84 Å². The summed E-state index contributed by atoms with van der Waals surface area (Å²) in [5.74, 6) is 4.19. The van der Waals surface area contributed by atoms with Crippen LogP contribution in [0.2, 0.25) is 0 Å². The van der Waals surface area contributed by atoms with Crippen LogP contribution in [0.3, 0.4) is 0 Å². The largest absolute Gasteiger partial charge is 0.462 e. The predicted octanol–water partition coefficient (Wildman–Crippen LogP) is 7.65. The Balaban J connectivity index is 1.54. The molecule has 0 aromatic carbocycles. The average molecular weight is 475 g/mol. The highest BCUT2D eigenvalue weighted by Gasteiger charge is 2.68. The van der Waals surface area contributed by atoms with Gasteiger partial charge in [0.25, 0.3) is 0 Å². The van der Waals surface area contributed by atoms with Crippen molar-refractivity contribution < 1.29 is 14.6 Å². The van der Waals surface area contributed by atoms with Crippen LogP contribution in [0, 0.1) is 57.7 Å². The maximum absolute atomic E-state index is 11.9. The summed E-state index contributed by atoms with van der Waals surface area (Å²) in [7, 11) is 0. The van der Waals surface area contributed by atoms with Gasteiger partial charge in [0.1, 0.15) is 6.10 Å². The molecule has 1 N–H and O–H groups in total. The highest BCUT2D eigenvalue weighted by atomic mass is 16.5. The van der Waals surface area contributed by atoms with Crippen LogP contribution >= 0.6 is 0 Å². The first-order valence-electron chi connectivity index (χ1n) is 14.7. The molecule has 4 saturated carbocycles. The number of aliphatic hydroxyl groups is 1. The Morgan fingerprint density at radius 3 is 2.29 bits per heavy atom. The molecular formula is C31H54O3. The van der Waals surface area contributed by atoms with Crippen molar-refractivity contribution >= 4 is 5.97 Å². The fraction of sp³-hybridized carbons (Fsp3) is 0.968. The number of hydrogen-bond donors (Lipinski definition) is 1. The first-order chi connectivity index (χ1) is 15.8. The Bertz CT molecular complexity index is 747. The summed E-state index contributed by atoms with van der Waals surface area (Å²) in [5, 5.41) is 11.9. The molecule has 0 amide bonds. The lowest BCUT2D eigenvalue weighted by Gasteiger charge is -2.66. The predicted molar refractivity (Wildman–Crippen MR) is 139 cm³/mol. The number of esters is 1. The van der Waals surface area contributed by atoms with Gasteiger partial charge in [-0.3, -0.25) is 4.79 Å². The van der Waals surface area contributed by atoms with E-state index in [9.17, 15) is 9.90 Å². The Hall–Kier alpha value is -0.570. The molecule has 0 saturated heterocycles. The zero-order valence-electron chi connectivity index (χ0n) is 23.5. The monoisotopic (exact) mass is 474 g/mol. The van der Waals surface area contributed by atoms with Gasteiger partial charge in [0.2, 0.25) is 0 Å². The smallest absolute Gasteiger partial charge is 0.302 e. The van der Waals surface area contributed by atoms with Crippen LogP contribution in [-0.4, -0.2) is 23.3 Å². The van der Waals surface area contributed by atoms with Crippen LogP contribution < -0.4 is 0 Å². The molecule has 1 unspecified atom stereocenters. The van der Waals surface area contributed by atoms with Crippen LogP contribution in [0.25, 0.3) is 0 Å². The van der Waals surface area contributed by atoms with Crippen LogP contribution in [-0.2, 0) is 9.53 Å². The summed E-state index contributed by atoms with van der Waals surface area (Å²) < 4.78 is 5.66. The van der Waals surface area contributed by atoms with Crippen molar-refractivity contribution in [3.05, 3.63) is 0 Å². The summed E-state index contributed by atoms with van der Waals surface area (Å²) in [6.07, 6.45) is 12.3. The maximum atomic E-state index is 11.9. The molecule has 0 aromatic rings. The summed E-state index contributed by atoms with van der Waals surface area (Å²) in [4.78, 5) is 11.6. The van der Waals surface area contributed by atoms with E-state index in [-0.39, 0.29) is 23.6 Å². The Morgan fingerprint density at radius 2 is 1.65 bits per heavy atom. The van der Waals surface area contributed by atoms with E-state index in [1.807, 2.05) is 0 Å². The second kappa shape index (κ2) is 9.38. The van der Waals surface area contributed by atoms with Crippen LogP contribution in [0.4, 0.5) is 0 Å². The Morgan fingerprint density at radius 1 is 0.971 bits per heavy atom. The molecule has 0 aliphatic heterocycles. The molecule has 3 heteroatoms. The third-order valence-corrected chi connectivity index (χ3v) is 12.5. The number of aliphatic hydroxyl groups excluding tert-OH is 1. The zero-order chi connectivity index (χ0) is 25.1. The van der Waals surface area contributed by atoms with Gasteiger partial charge in [-0.05, 0) is 109 Å². The molecule has 196 valence electrons. The van der Waals surface area contributed by atoms with Gasteiger partial charge in [0, 0.05) is 6.92 Å². The van der Waals surface area contributed by atoms with Crippen molar-refractivity contribution in [2.45, 2.75) is 132 Å². The summed E-state index contributed by atoms with van der Waals surface area (Å²) >= 11 is 0. The highest BCUT2D eigenvalue weighted by molar-refractivity contribution is 5.66. The minimum atomic E-state index is -0.158. The molecule has 0 radical (unpaired) electrons. The van der Waals surface area contributed by atoms with Crippen molar-refractivity contribution in [1.29, 1.82) is 0 Å². The molecule has 4 rings (SSSR count). The average Bonchev–Trinajstić information content (AvgIpc) is 3.01. The number of rotatable bonds is 6. The molecule has 4 aliphatic carbocycles. The maximum Gasteiger partial charge on any atom is 0.302 e. The van der Waals surface area contributed by atoms with Crippen LogP contribution in [0.1, 0.15) is 120 Å². The summed E-state index contributed by atoms with van der Waals surface area (Å²) in [5.41, 5.74) is 0.853.